The molecule has 11 heteroatoms. The molecule has 1 aliphatic rings. The molecule has 0 saturated carbocycles. The highest BCUT2D eigenvalue weighted by Crippen LogP contribution is 2.24. The minimum atomic E-state index is -3.83. The van der Waals surface area contributed by atoms with Crippen LogP contribution >= 0.6 is 11.3 Å². The summed E-state index contributed by atoms with van der Waals surface area (Å²) in [5.41, 5.74) is 0.852. The summed E-state index contributed by atoms with van der Waals surface area (Å²) in [6, 6.07) is 14.6. The number of nitrogens with one attached hydrogen (secondary N) is 2. The maximum absolute atomic E-state index is 13.3. The summed E-state index contributed by atoms with van der Waals surface area (Å²) in [5.74, 6) is -0.512. The normalized spacial score (nSPS) is 17.5. The van der Waals surface area contributed by atoms with Crippen molar-refractivity contribution in [2.45, 2.75) is 56.5 Å². The molecule has 2 amide bonds. The average Bonchev–Trinajstić information content (AvgIpc) is 3.20. The van der Waals surface area contributed by atoms with E-state index in [0.717, 1.165) is 10.2 Å². The molecule has 1 aromatic heterocycles. The zero-order valence-corrected chi connectivity index (χ0v) is 23.0. The Labute approximate surface area is 226 Å². The summed E-state index contributed by atoms with van der Waals surface area (Å²) in [4.78, 5) is 30.6. The van der Waals surface area contributed by atoms with Gasteiger partial charge in [0.05, 0.1) is 20.7 Å². The van der Waals surface area contributed by atoms with E-state index in [1.165, 1.54) is 27.8 Å². The molecular formula is C27H31N5O4S2. The predicted octanol–water partition coefficient (Wildman–Crippen LogP) is 3.67. The Balaban J connectivity index is 1.41. The number of rotatable bonds is 8. The van der Waals surface area contributed by atoms with E-state index in [-0.39, 0.29) is 40.8 Å². The number of benzene rings is 2. The monoisotopic (exact) mass is 553 g/mol. The van der Waals surface area contributed by atoms with Gasteiger partial charge in [-0.05, 0) is 55.9 Å². The number of carbonyl (C=O) groups excluding carboxylic acids is 2. The minimum absolute atomic E-state index is 0.000423. The molecule has 9 nitrogen and oxygen atoms in total. The van der Waals surface area contributed by atoms with Gasteiger partial charge in [0, 0.05) is 19.1 Å². The van der Waals surface area contributed by atoms with Crippen LogP contribution in [-0.4, -0.2) is 54.7 Å². The standard InChI is InChI=1S/C27H31N5O4S2/c1-18(2)16-22(30-26(34)27-31-21-10-4-5-11-23(21)37-27)25(33)29-20-9-7-14-32(15-13-20)38(35,36)24-12-6-3-8-19(24)17-28/h3-6,8,10-12,18,20,22H,7,9,13-16H2,1-2H3,(H,29,33)(H,30,34)/t20-,22+/m1/s1. The van der Waals surface area contributed by atoms with E-state index < -0.39 is 16.1 Å². The van der Waals surface area contributed by atoms with Crippen LogP contribution in [0.15, 0.2) is 53.4 Å². The van der Waals surface area contributed by atoms with Crippen LogP contribution in [0.2, 0.25) is 0 Å². The lowest BCUT2D eigenvalue weighted by atomic mass is 10.0. The fraction of sp³-hybridized carbons (Fsp3) is 0.407. The second-order valence-electron chi connectivity index (χ2n) is 9.79. The van der Waals surface area contributed by atoms with Gasteiger partial charge in [-0.1, -0.05) is 38.1 Å². The van der Waals surface area contributed by atoms with E-state index in [1.54, 1.807) is 12.1 Å². The Hall–Kier alpha value is -3.33. The molecule has 4 rings (SSSR count). The molecule has 2 aromatic carbocycles. The van der Waals surface area contributed by atoms with Crippen molar-refractivity contribution in [3.8, 4) is 6.07 Å². The molecule has 38 heavy (non-hydrogen) atoms. The van der Waals surface area contributed by atoms with Crippen molar-refractivity contribution in [3.05, 3.63) is 59.1 Å². The quantitative estimate of drug-likeness (QED) is 0.437. The van der Waals surface area contributed by atoms with Crippen molar-refractivity contribution in [3.63, 3.8) is 0 Å². The van der Waals surface area contributed by atoms with Gasteiger partial charge >= 0.3 is 0 Å². The van der Waals surface area contributed by atoms with Crippen LogP contribution in [0.3, 0.4) is 0 Å². The molecular weight excluding hydrogens is 522 g/mol. The van der Waals surface area contributed by atoms with E-state index in [1.807, 2.05) is 44.2 Å². The van der Waals surface area contributed by atoms with Gasteiger partial charge in [0.25, 0.3) is 5.91 Å². The molecule has 1 fully saturated rings. The summed E-state index contributed by atoms with van der Waals surface area (Å²) >= 11 is 1.28. The van der Waals surface area contributed by atoms with Crippen molar-refractivity contribution < 1.29 is 18.0 Å². The molecule has 200 valence electrons. The summed E-state index contributed by atoms with van der Waals surface area (Å²) in [7, 11) is -3.83. The molecule has 2 N–H and O–H groups in total. The summed E-state index contributed by atoms with van der Waals surface area (Å²) in [6.45, 7) is 4.49. The highest BCUT2D eigenvalue weighted by molar-refractivity contribution is 7.89. The summed E-state index contributed by atoms with van der Waals surface area (Å²) in [5, 5.41) is 15.6. The highest BCUT2D eigenvalue weighted by Gasteiger charge is 2.31. The van der Waals surface area contributed by atoms with Crippen LogP contribution in [0.25, 0.3) is 10.2 Å². The fourth-order valence-corrected chi connectivity index (χ4v) is 7.08. The first kappa shape index (κ1) is 27.7. The number of nitrogens with zero attached hydrogens (tertiary/aromatic N) is 3. The maximum Gasteiger partial charge on any atom is 0.280 e. The number of aromatic nitrogens is 1. The average molecular weight is 554 g/mol. The number of fused-ring (bicyclic) bond motifs is 1. The van der Waals surface area contributed by atoms with Gasteiger partial charge in [-0.25, -0.2) is 13.4 Å². The lowest BCUT2D eigenvalue weighted by molar-refractivity contribution is -0.124. The fourth-order valence-electron chi connectivity index (χ4n) is 4.57. The second kappa shape index (κ2) is 12.0. The largest absolute Gasteiger partial charge is 0.352 e. The van der Waals surface area contributed by atoms with Crippen LogP contribution in [0, 0.1) is 17.2 Å². The van der Waals surface area contributed by atoms with Crippen LogP contribution in [0.4, 0.5) is 0 Å². The van der Waals surface area contributed by atoms with E-state index in [9.17, 15) is 23.3 Å². The Bertz CT molecular complexity index is 1430. The molecule has 0 aliphatic carbocycles. The van der Waals surface area contributed by atoms with Gasteiger partial charge in [-0.15, -0.1) is 11.3 Å². The molecule has 0 spiro atoms. The summed E-state index contributed by atoms with van der Waals surface area (Å²) < 4.78 is 28.8. The molecule has 1 saturated heterocycles. The van der Waals surface area contributed by atoms with E-state index in [2.05, 4.69) is 15.6 Å². The first-order chi connectivity index (χ1) is 18.2. The number of amides is 2. The van der Waals surface area contributed by atoms with E-state index in [0.29, 0.717) is 37.2 Å². The Kier molecular flexibility index (Phi) is 8.76. The second-order valence-corrected chi connectivity index (χ2v) is 12.7. The Morgan fingerprint density at radius 2 is 1.87 bits per heavy atom. The van der Waals surface area contributed by atoms with Crippen LogP contribution in [-0.2, 0) is 14.8 Å². The third-order valence-corrected chi connectivity index (χ3v) is 9.47. The van der Waals surface area contributed by atoms with Crippen LogP contribution in [0.1, 0.15) is 54.9 Å². The van der Waals surface area contributed by atoms with E-state index >= 15 is 0 Å². The zero-order chi connectivity index (χ0) is 27.3. The molecule has 1 aliphatic heterocycles. The lowest BCUT2D eigenvalue weighted by Gasteiger charge is -2.24. The van der Waals surface area contributed by atoms with Gasteiger partial charge in [-0.2, -0.15) is 9.57 Å². The first-order valence-corrected chi connectivity index (χ1v) is 14.9. The number of sulfonamides is 1. The molecule has 0 unspecified atom stereocenters. The molecule has 2 atom stereocenters. The third-order valence-electron chi connectivity index (χ3n) is 6.48. The van der Waals surface area contributed by atoms with Crippen LogP contribution < -0.4 is 10.6 Å². The van der Waals surface area contributed by atoms with Crippen molar-refractivity contribution in [1.29, 1.82) is 5.26 Å². The van der Waals surface area contributed by atoms with Crippen molar-refractivity contribution >= 4 is 43.4 Å². The Morgan fingerprint density at radius 1 is 1.13 bits per heavy atom. The van der Waals surface area contributed by atoms with Crippen molar-refractivity contribution in [2.75, 3.05) is 13.1 Å². The number of hydrogen-bond donors (Lipinski definition) is 2. The predicted molar refractivity (Wildman–Crippen MR) is 146 cm³/mol. The minimum Gasteiger partial charge on any atom is -0.352 e. The zero-order valence-electron chi connectivity index (χ0n) is 21.4. The molecule has 0 bridgehead atoms. The molecule has 3 aromatic rings. The maximum atomic E-state index is 13.3. The number of nitriles is 1. The topological polar surface area (TPSA) is 132 Å². The highest BCUT2D eigenvalue weighted by atomic mass is 32.2. The first-order valence-electron chi connectivity index (χ1n) is 12.6. The van der Waals surface area contributed by atoms with Gasteiger partial charge in [0.2, 0.25) is 15.9 Å². The number of thiazole rings is 1. The SMILES string of the molecule is CC(C)C[C@H](NC(=O)c1nc2ccccc2s1)C(=O)N[C@@H]1CCCN(S(=O)(=O)c2ccccc2C#N)CC1. The van der Waals surface area contributed by atoms with E-state index in [4.69, 9.17) is 0 Å². The lowest BCUT2D eigenvalue weighted by Crippen LogP contribution is -2.50. The Morgan fingerprint density at radius 3 is 2.61 bits per heavy atom. The third kappa shape index (κ3) is 6.38. The number of carbonyl (C=O) groups is 2. The van der Waals surface area contributed by atoms with Gasteiger partial charge < -0.3 is 10.6 Å². The van der Waals surface area contributed by atoms with Crippen molar-refractivity contribution in [2.24, 2.45) is 5.92 Å². The smallest absolute Gasteiger partial charge is 0.280 e. The van der Waals surface area contributed by atoms with Gasteiger partial charge in [0.1, 0.15) is 12.1 Å². The number of para-hydroxylation sites is 1. The molecule has 0 radical (unpaired) electrons. The molecule has 2 heterocycles. The summed E-state index contributed by atoms with van der Waals surface area (Å²) in [6.07, 6.45) is 2.06. The van der Waals surface area contributed by atoms with Crippen molar-refractivity contribution in [1.82, 2.24) is 19.9 Å². The van der Waals surface area contributed by atoms with Gasteiger partial charge in [-0.3, -0.25) is 9.59 Å². The van der Waals surface area contributed by atoms with Gasteiger partial charge in [0.15, 0.2) is 5.01 Å². The van der Waals surface area contributed by atoms with Crippen LogP contribution in [0.5, 0.6) is 0 Å². The number of hydrogen-bond acceptors (Lipinski definition) is 7.